The molecular weight excluding hydrogens is 210 g/mol. The van der Waals surface area contributed by atoms with E-state index in [2.05, 4.69) is 10.1 Å². The summed E-state index contributed by atoms with van der Waals surface area (Å²) in [5.74, 6) is -1.20. The van der Waals surface area contributed by atoms with Crippen LogP contribution < -0.4 is 11.1 Å². The Bertz CT molecular complexity index is 243. The number of rotatable bonds is 6. The average molecular weight is 231 g/mol. The lowest BCUT2D eigenvalue weighted by Gasteiger charge is -2.19. The van der Waals surface area contributed by atoms with E-state index in [1.54, 1.807) is 6.92 Å². The number of nitrogens with two attached hydrogens (primary N) is 1. The lowest BCUT2D eigenvalue weighted by Crippen LogP contribution is -2.51. The molecule has 0 radical (unpaired) electrons. The maximum atomic E-state index is 11.5. The van der Waals surface area contributed by atoms with Crippen molar-refractivity contribution in [2.45, 2.75) is 25.9 Å². The molecule has 6 nitrogen and oxygen atoms in total. The standard InChI is InChI=1S/C10H21N3O3/c1-5-16-10(15)8(11)9(14)12-7(2)6-13(3)4/h7-8H,5-6,11H2,1-4H3,(H,12,14). The van der Waals surface area contributed by atoms with Gasteiger partial charge in [0, 0.05) is 12.6 Å². The molecule has 0 rings (SSSR count). The monoisotopic (exact) mass is 231 g/mol. The van der Waals surface area contributed by atoms with Crippen molar-refractivity contribution in [2.24, 2.45) is 5.73 Å². The molecule has 94 valence electrons. The summed E-state index contributed by atoms with van der Waals surface area (Å²) in [5.41, 5.74) is 5.43. The third-order valence-corrected chi connectivity index (χ3v) is 1.85. The minimum atomic E-state index is -1.25. The first kappa shape index (κ1) is 14.9. The summed E-state index contributed by atoms with van der Waals surface area (Å²) >= 11 is 0. The fourth-order valence-corrected chi connectivity index (χ4v) is 1.27. The van der Waals surface area contributed by atoms with Gasteiger partial charge in [0.2, 0.25) is 5.91 Å². The van der Waals surface area contributed by atoms with Crippen LogP contribution in [0.5, 0.6) is 0 Å². The number of likely N-dealkylation sites (N-methyl/N-ethyl adjacent to an activating group) is 1. The minimum Gasteiger partial charge on any atom is -0.464 e. The molecule has 6 heteroatoms. The van der Waals surface area contributed by atoms with Gasteiger partial charge in [0.15, 0.2) is 6.04 Å². The number of hydrogen-bond acceptors (Lipinski definition) is 5. The van der Waals surface area contributed by atoms with Gasteiger partial charge >= 0.3 is 5.97 Å². The predicted octanol–water partition coefficient (Wildman–Crippen LogP) is -1.06. The second-order valence-electron chi connectivity index (χ2n) is 3.90. The van der Waals surface area contributed by atoms with Gasteiger partial charge in [0.25, 0.3) is 0 Å². The number of carbonyl (C=O) groups is 2. The molecule has 0 bridgehead atoms. The second kappa shape index (κ2) is 7.19. The Morgan fingerprint density at radius 1 is 1.44 bits per heavy atom. The Balaban J connectivity index is 4.09. The number of nitrogens with zero attached hydrogens (tertiary/aromatic N) is 1. The lowest BCUT2D eigenvalue weighted by molar-refractivity contribution is -0.148. The van der Waals surface area contributed by atoms with Gasteiger partial charge in [-0.3, -0.25) is 4.79 Å². The maximum absolute atomic E-state index is 11.5. The van der Waals surface area contributed by atoms with E-state index >= 15 is 0 Å². The Kier molecular flexibility index (Phi) is 6.67. The SMILES string of the molecule is CCOC(=O)C(N)C(=O)NC(C)CN(C)C. The van der Waals surface area contributed by atoms with Crippen LogP contribution in [0.25, 0.3) is 0 Å². The molecule has 2 unspecified atom stereocenters. The number of carbonyl (C=O) groups excluding carboxylic acids is 2. The molecule has 0 saturated heterocycles. The van der Waals surface area contributed by atoms with Crippen molar-refractivity contribution in [3.63, 3.8) is 0 Å². The van der Waals surface area contributed by atoms with Crippen LogP contribution in [0.2, 0.25) is 0 Å². The van der Waals surface area contributed by atoms with Gasteiger partial charge in [-0.1, -0.05) is 0 Å². The second-order valence-corrected chi connectivity index (χ2v) is 3.90. The van der Waals surface area contributed by atoms with Crippen molar-refractivity contribution in [1.82, 2.24) is 10.2 Å². The lowest BCUT2D eigenvalue weighted by atomic mass is 10.2. The Hall–Kier alpha value is -1.14. The van der Waals surface area contributed by atoms with Crippen LogP contribution in [0, 0.1) is 0 Å². The Labute approximate surface area is 96.1 Å². The topological polar surface area (TPSA) is 84.7 Å². The highest BCUT2D eigenvalue weighted by Crippen LogP contribution is 1.90. The molecular formula is C10H21N3O3. The van der Waals surface area contributed by atoms with E-state index in [0.29, 0.717) is 6.54 Å². The van der Waals surface area contributed by atoms with Gasteiger partial charge in [-0.15, -0.1) is 0 Å². The molecule has 0 spiro atoms. The molecule has 0 aromatic heterocycles. The Morgan fingerprint density at radius 3 is 2.44 bits per heavy atom. The van der Waals surface area contributed by atoms with Gasteiger partial charge < -0.3 is 20.7 Å². The molecule has 0 aromatic carbocycles. The molecule has 0 aliphatic heterocycles. The fourth-order valence-electron chi connectivity index (χ4n) is 1.27. The van der Waals surface area contributed by atoms with Crippen molar-refractivity contribution in [3.05, 3.63) is 0 Å². The summed E-state index contributed by atoms with van der Waals surface area (Å²) < 4.78 is 4.65. The molecule has 2 atom stereocenters. The first-order chi connectivity index (χ1) is 7.38. The van der Waals surface area contributed by atoms with Gasteiger partial charge in [-0.2, -0.15) is 0 Å². The quantitative estimate of drug-likeness (QED) is 0.450. The summed E-state index contributed by atoms with van der Waals surface area (Å²) in [7, 11) is 3.79. The zero-order valence-electron chi connectivity index (χ0n) is 10.3. The van der Waals surface area contributed by atoms with Crippen molar-refractivity contribution in [3.8, 4) is 0 Å². The minimum absolute atomic E-state index is 0.0667. The van der Waals surface area contributed by atoms with E-state index in [4.69, 9.17) is 5.73 Å². The van der Waals surface area contributed by atoms with Gasteiger partial charge in [-0.05, 0) is 27.9 Å². The molecule has 0 aliphatic carbocycles. The summed E-state index contributed by atoms with van der Waals surface area (Å²) in [6.45, 7) is 4.40. The van der Waals surface area contributed by atoms with E-state index in [-0.39, 0.29) is 12.6 Å². The van der Waals surface area contributed by atoms with E-state index in [1.165, 1.54) is 0 Å². The van der Waals surface area contributed by atoms with Gasteiger partial charge in [0.1, 0.15) is 0 Å². The average Bonchev–Trinajstić information content (AvgIpc) is 2.15. The molecule has 0 fully saturated rings. The molecule has 0 aliphatic rings. The summed E-state index contributed by atoms with van der Waals surface area (Å²) in [4.78, 5) is 24.6. The van der Waals surface area contributed by atoms with Crippen molar-refractivity contribution in [2.75, 3.05) is 27.2 Å². The maximum Gasteiger partial charge on any atom is 0.332 e. The normalized spacial score (nSPS) is 14.4. The zero-order valence-corrected chi connectivity index (χ0v) is 10.3. The first-order valence-electron chi connectivity index (χ1n) is 5.25. The highest BCUT2D eigenvalue weighted by atomic mass is 16.5. The van der Waals surface area contributed by atoms with Crippen LogP contribution in [-0.4, -0.2) is 56.1 Å². The van der Waals surface area contributed by atoms with E-state index in [1.807, 2.05) is 25.9 Å². The number of nitrogens with one attached hydrogen (secondary N) is 1. The van der Waals surface area contributed by atoms with Crippen LogP contribution in [0.15, 0.2) is 0 Å². The van der Waals surface area contributed by atoms with Gasteiger partial charge in [0.05, 0.1) is 6.61 Å². The predicted molar refractivity (Wildman–Crippen MR) is 60.8 cm³/mol. The summed E-state index contributed by atoms with van der Waals surface area (Å²) in [5, 5.41) is 2.64. The zero-order chi connectivity index (χ0) is 12.7. The van der Waals surface area contributed by atoms with E-state index < -0.39 is 17.9 Å². The van der Waals surface area contributed by atoms with Crippen LogP contribution in [-0.2, 0) is 14.3 Å². The van der Waals surface area contributed by atoms with Crippen molar-refractivity contribution in [1.29, 1.82) is 0 Å². The highest BCUT2D eigenvalue weighted by molar-refractivity contribution is 6.01. The molecule has 16 heavy (non-hydrogen) atoms. The number of ether oxygens (including phenoxy) is 1. The van der Waals surface area contributed by atoms with E-state index in [0.717, 1.165) is 0 Å². The number of hydrogen-bond donors (Lipinski definition) is 2. The molecule has 1 amide bonds. The third kappa shape index (κ3) is 5.67. The van der Waals surface area contributed by atoms with Crippen molar-refractivity contribution < 1.29 is 14.3 Å². The smallest absolute Gasteiger partial charge is 0.332 e. The van der Waals surface area contributed by atoms with Crippen LogP contribution in [0.1, 0.15) is 13.8 Å². The molecule has 3 N–H and O–H groups in total. The highest BCUT2D eigenvalue weighted by Gasteiger charge is 2.24. The van der Waals surface area contributed by atoms with E-state index in [9.17, 15) is 9.59 Å². The van der Waals surface area contributed by atoms with Crippen LogP contribution in [0.3, 0.4) is 0 Å². The van der Waals surface area contributed by atoms with Gasteiger partial charge in [-0.25, -0.2) is 4.79 Å². The van der Waals surface area contributed by atoms with Crippen LogP contribution in [0.4, 0.5) is 0 Å². The number of esters is 1. The molecule has 0 heterocycles. The number of amides is 1. The van der Waals surface area contributed by atoms with Crippen LogP contribution >= 0.6 is 0 Å². The molecule has 0 saturated carbocycles. The summed E-state index contributed by atoms with van der Waals surface area (Å²) in [6, 6.07) is -1.31. The largest absolute Gasteiger partial charge is 0.464 e. The third-order valence-electron chi connectivity index (χ3n) is 1.85. The first-order valence-corrected chi connectivity index (χ1v) is 5.25. The fraction of sp³-hybridized carbons (Fsp3) is 0.800. The molecule has 0 aromatic rings. The Morgan fingerprint density at radius 2 is 2.00 bits per heavy atom. The summed E-state index contributed by atoms with van der Waals surface area (Å²) in [6.07, 6.45) is 0. The van der Waals surface area contributed by atoms with Crippen molar-refractivity contribution >= 4 is 11.9 Å².